The highest BCUT2D eigenvalue weighted by atomic mass is 16.2. The first kappa shape index (κ1) is 20.6. The van der Waals surface area contributed by atoms with Crippen molar-refractivity contribution in [1.29, 1.82) is 0 Å². The number of primary amides is 1. The van der Waals surface area contributed by atoms with Gasteiger partial charge in [0.2, 0.25) is 5.91 Å². The van der Waals surface area contributed by atoms with E-state index in [1.165, 1.54) is 0 Å². The second-order valence-electron chi connectivity index (χ2n) is 8.68. The normalized spacial score (nSPS) is 21.7. The number of piperidine rings is 2. The zero-order chi connectivity index (χ0) is 20.1. The van der Waals surface area contributed by atoms with Crippen molar-refractivity contribution in [3.05, 3.63) is 29.8 Å². The molecule has 1 atom stereocenters. The number of carbonyl (C=O) groups excluding carboxylic acids is 2. The number of likely N-dealkylation sites (tertiary alicyclic amines) is 1. The first-order chi connectivity index (χ1) is 13.4. The lowest BCUT2D eigenvalue weighted by molar-refractivity contribution is -0.122. The molecule has 1 aromatic carbocycles. The monoisotopic (exact) mass is 386 g/mol. The van der Waals surface area contributed by atoms with Gasteiger partial charge in [0.15, 0.2) is 0 Å². The van der Waals surface area contributed by atoms with Gasteiger partial charge in [-0.05, 0) is 55.9 Å². The summed E-state index contributed by atoms with van der Waals surface area (Å²) in [6.45, 7) is 9.32. The van der Waals surface area contributed by atoms with Gasteiger partial charge in [-0.25, -0.2) is 0 Å². The Morgan fingerprint density at radius 3 is 2.39 bits per heavy atom. The maximum atomic E-state index is 12.6. The molecule has 2 amide bonds. The fourth-order valence-electron chi connectivity index (χ4n) is 4.31. The number of nitrogens with zero attached hydrogens (tertiary/aromatic N) is 2. The van der Waals surface area contributed by atoms with E-state index in [0.717, 1.165) is 57.5 Å². The highest BCUT2D eigenvalue weighted by Gasteiger charge is 2.25. The second-order valence-corrected chi connectivity index (χ2v) is 8.68. The van der Waals surface area contributed by atoms with Gasteiger partial charge in [0, 0.05) is 50.0 Å². The van der Waals surface area contributed by atoms with Crippen LogP contribution in [0.4, 0.5) is 5.69 Å². The molecule has 3 N–H and O–H groups in total. The zero-order valence-corrected chi connectivity index (χ0v) is 17.2. The zero-order valence-electron chi connectivity index (χ0n) is 17.2. The van der Waals surface area contributed by atoms with Gasteiger partial charge in [0.25, 0.3) is 5.91 Å². The summed E-state index contributed by atoms with van der Waals surface area (Å²) in [4.78, 5) is 28.7. The number of carbonyl (C=O) groups is 2. The van der Waals surface area contributed by atoms with Crippen molar-refractivity contribution >= 4 is 17.5 Å². The highest BCUT2D eigenvalue weighted by Crippen LogP contribution is 2.23. The van der Waals surface area contributed by atoms with Gasteiger partial charge in [-0.1, -0.05) is 13.8 Å². The highest BCUT2D eigenvalue weighted by molar-refractivity contribution is 5.94. The van der Waals surface area contributed by atoms with Crippen molar-refractivity contribution in [2.45, 2.75) is 45.6 Å². The molecule has 0 bridgehead atoms. The third kappa shape index (κ3) is 5.47. The molecule has 2 fully saturated rings. The average molecular weight is 387 g/mol. The quantitative estimate of drug-likeness (QED) is 0.786. The van der Waals surface area contributed by atoms with E-state index < -0.39 is 0 Å². The summed E-state index contributed by atoms with van der Waals surface area (Å²) >= 11 is 0. The summed E-state index contributed by atoms with van der Waals surface area (Å²) in [5.41, 5.74) is 7.21. The maximum absolute atomic E-state index is 12.6. The molecule has 2 aliphatic rings. The van der Waals surface area contributed by atoms with Gasteiger partial charge in [-0.15, -0.1) is 0 Å². The number of amides is 2. The van der Waals surface area contributed by atoms with Crippen LogP contribution in [0.1, 0.15) is 49.9 Å². The van der Waals surface area contributed by atoms with Crippen LogP contribution in [0, 0.1) is 11.8 Å². The average Bonchev–Trinajstić information content (AvgIpc) is 2.69. The molecule has 28 heavy (non-hydrogen) atoms. The number of benzene rings is 1. The van der Waals surface area contributed by atoms with Gasteiger partial charge in [-0.3, -0.25) is 9.59 Å². The molecule has 2 aliphatic heterocycles. The third-order valence-corrected chi connectivity index (χ3v) is 5.86. The molecule has 0 radical (unpaired) electrons. The first-order valence-electron chi connectivity index (χ1n) is 10.6. The predicted molar refractivity (Wildman–Crippen MR) is 112 cm³/mol. The van der Waals surface area contributed by atoms with E-state index in [0.29, 0.717) is 18.0 Å². The molecule has 1 unspecified atom stereocenters. The third-order valence-electron chi connectivity index (χ3n) is 5.86. The number of rotatable bonds is 6. The van der Waals surface area contributed by atoms with E-state index in [-0.39, 0.29) is 23.8 Å². The fourth-order valence-corrected chi connectivity index (χ4v) is 4.31. The van der Waals surface area contributed by atoms with Crippen LogP contribution in [0.5, 0.6) is 0 Å². The minimum absolute atomic E-state index is 0.00233. The van der Waals surface area contributed by atoms with Gasteiger partial charge in [0.05, 0.1) is 5.92 Å². The van der Waals surface area contributed by atoms with Gasteiger partial charge in [-0.2, -0.15) is 0 Å². The predicted octanol–water partition coefficient (Wildman–Crippen LogP) is 2.24. The van der Waals surface area contributed by atoms with Crippen LogP contribution in [0.2, 0.25) is 0 Å². The van der Waals surface area contributed by atoms with Crippen LogP contribution in [-0.2, 0) is 4.79 Å². The summed E-state index contributed by atoms with van der Waals surface area (Å²) < 4.78 is 0. The summed E-state index contributed by atoms with van der Waals surface area (Å²) in [5, 5.41) is 3.19. The molecular weight excluding hydrogens is 352 g/mol. The van der Waals surface area contributed by atoms with Crippen LogP contribution in [-0.4, -0.2) is 55.5 Å². The van der Waals surface area contributed by atoms with Gasteiger partial charge >= 0.3 is 0 Å². The van der Waals surface area contributed by atoms with Crippen LogP contribution in [0.3, 0.4) is 0 Å². The number of hydrogen-bond donors (Lipinski definition) is 2. The van der Waals surface area contributed by atoms with E-state index in [1.807, 2.05) is 24.3 Å². The van der Waals surface area contributed by atoms with Crippen molar-refractivity contribution in [1.82, 2.24) is 10.2 Å². The van der Waals surface area contributed by atoms with Crippen molar-refractivity contribution in [2.75, 3.05) is 37.6 Å². The molecular formula is C22H34N4O2. The largest absolute Gasteiger partial charge is 0.371 e. The molecule has 1 aromatic rings. The van der Waals surface area contributed by atoms with E-state index in [2.05, 4.69) is 29.0 Å². The number of anilines is 1. The summed E-state index contributed by atoms with van der Waals surface area (Å²) in [6.07, 6.45) is 3.85. The van der Waals surface area contributed by atoms with Crippen molar-refractivity contribution in [3.63, 3.8) is 0 Å². The lowest BCUT2D eigenvalue weighted by Gasteiger charge is -2.33. The summed E-state index contributed by atoms with van der Waals surface area (Å²) in [6, 6.07) is 7.97. The Hall–Kier alpha value is -2.08. The Balaban J connectivity index is 1.51. The van der Waals surface area contributed by atoms with E-state index in [9.17, 15) is 9.59 Å². The van der Waals surface area contributed by atoms with Crippen LogP contribution in [0.25, 0.3) is 0 Å². The molecule has 3 rings (SSSR count). The Morgan fingerprint density at radius 1 is 1.11 bits per heavy atom. The topological polar surface area (TPSA) is 78.7 Å². The van der Waals surface area contributed by atoms with E-state index >= 15 is 0 Å². The lowest BCUT2D eigenvalue weighted by atomic mass is 9.97. The minimum Gasteiger partial charge on any atom is -0.371 e. The van der Waals surface area contributed by atoms with Gasteiger partial charge in [0.1, 0.15) is 0 Å². The Kier molecular flexibility index (Phi) is 6.94. The van der Waals surface area contributed by atoms with Crippen molar-refractivity contribution in [3.8, 4) is 0 Å². The number of nitrogens with two attached hydrogens (primary N) is 1. The SMILES string of the molecule is CC(C)CN1CCC(NC(=O)c2ccc(N3CCCC(C(N)=O)C3)cc2)CC1. The molecule has 0 saturated carbocycles. The Bertz CT molecular complexity index is 666. The molecule has 6 nitrogen and oxygen atoms in total. The molecule has 0 aliphatic carbocycles. The molecule has 154 valence electrons. The molecule has 2 heterocycles. The standard InChI is InChI=1S/C22H34N4O2/c1-16(2)14-25-12-9-19(10-13-25)24-22(28)17-5-7-20(8-6-17)26-11-3-4-18(15-26)21(23)27/h5-8,16,18-19H,3-4,9-15H2,1-2H3,(H2,23,27)(H,24,28). The fraction of sp³-hybridized carbons (Fsp3) is 0.636. The molecule has 0 aromatic heterocycles. The molecule has 0 spiro atoms. The second kappa shape index (κ2) is 9.41. The van der Waals surface area contributed by atoms with E-state index in [4.69, 9.17) is 5.73 Å². The minimum atomic E-state index is -0.222. The lowest BCUT2D eigenvalue weighted by Crippen LogP contribution is -2.45. The first-order valence-corrected chi connectivity index (χ1v) is 10.6. The summed E-state index contributed by atoms with van der Waals surface area (Å²) in [5.74, 6) is 0.378. The smallest absolute Gasteiger partial charge is 0.251 e. The molecule has 2 saturated heterocycles. The number of nitrogens with one attached hydrogen (secondary N) is 1. The van der Waals surface area contributed by atoms with Crippen LogP contribution >= 0.6 is 0 Å². The van der Waals surface area contributed by atoms with Gasteiger partial charge < -0.3 is 20.9 Å². The summed E-state index contributed by atoms with van der Waals surface area (Å²) in [7, 11) is 0. The van der Waals surface area contributed by atoms with Crippen molar-refractivity contribution < 1.29 is 9.59 Å². The van der Waals surface area contributed by atoms with Crippen molar-refractivity contribution in [2.24, 2.45) is 17.6 Å². The Labute approximate surface area is 168 Å². The number of hydrogen-bond acceptors (Lipinski definition) is 4. The van der Waals surface area contributed by atoms with E-state index in [1.54, 1.807) is 0 Å². The van der Waals surface area contributed by atoms with Crippen LogP contribution in [0.15, 0.2) is 24.3 Å². The van der Waals surface area contributed by atoms with Crippen LogP contribution < -0.4 is 16.0 Å². The molecule has 6 heteroatoms. The maximum Gasteiger partial charge on any atom is 0.251 e. The Morgan fingerprint density at radius 2 is 1.79 bits per heavy atom.